The molecule has 2 aliphatic rings. The number of aliphatic imine (C=N–C) groups is 1. The summed E-state index contributed by atoms with van der Waals surface area (Å²) in [5, 5.41) is 6.17. The highest BCUT2D eigenvalue weighted by atomic mass is 79.9. The highest BCUT2D eigenvalue weighted by molar-refractivity contribution is 9.10. The third kappa shape index (κ3) is 3.15. The number of thiocarbonyl (C=S) groups is 1. The Kier molecular flexibility index (Phi) is 4.23. The van der Waals surface area contributed by atoms with Gasteiger partial charge in [-0.1, -0.05) is 64.5 Å². The van der Waals surface area contributed by atoms with Crippen molar-refractivity contribution < 1.29 is 4.79 Å². The molecule has 2 N–H and O–H groups in total. The molecule has 0 aromatic heterocycles. The van der Waals surface area contributed by atoms with Crippen molar-refractivity contribution in [3.63, 3.8) is 0 Å². The minimum atomic E-state index is -0.409. The average molecular weight is 412 g/mol. The van der Waals surface area contributed by atoms with Crippen LogP contribution in [-0.4, -0.2) is 16.9 Å². The van der Waals surface area contributed by atoms with Crippen molar-refractivity contribution in [2.75, 3.05) is 0 Å². The lowest BCUT2D eigenvalue weighted by atomic mass is 9.80. The van der Waals surface area contributed by atoms with Crippen molar-refractivity contribution in [3.05, 3.63) is 76.3 Å². The van der Waals surface area contributed by atoms with Gasteiger partial charge in [0, 0.05) is 16.1 Å². The first-order valence-corrected chi connectivity index (χ1v) is 9.05. The predicted octanol–water partition coefficient (Wildman–Crippen LogP) is 3.61. The SMILES string of the molecule is O=C1NC(=S)N=C2NC(c3ccc(Br)cc3)=CC(c3ccccc3)C12. The highest BCUT2D eigenvalue weighted by Gasteiger charge is 2.39. The van der Waals surface area contributed by atoms with E-state index >= 15 is 0 Å². The molecule has 1 amide bonds. The van der Waals surface area contributed by atoms with Gasteiger partial charge >= 0.3 is 0 Å². The fraction of sp³-hybridized carbons (Fsp3) is 0.105. The molecule has 0 spiro atoms. The zero-order valence-corrected chi connectivity index (χ0v) is 15.5. The maximum absolute atomic E-state index is 12.6. The second-order valence-electron chi connectivity index (χ2n) is 5.92. The van der Waals surface area contributed by atoms with Crippen LogP contribution in [0.25, 0.3) is 5.70 Å². The molecule has 0 bridgehead atoms. The number of halogens is 1. The summed E-state index contributed by atoms with van der Waals surface area (Å²) in [6, 6.07) is 18.0. The Labute approximate surface area is 159 Å². The lowest BCUT2D eigenvalue weighted by Gasteiger charge is -2.34. The summed E-state index contributed by atoms with van der Waals surface area (Å²) in [5.74, 6) is -0.0401. The third-order valence-corrected chi connectivity index (χ3v) is 5.06. The number of carbonyl (C=O) groups is 1. The largest absolute Gasteiger partial charge is 0.343 e. The molecule has 2 aromatic rings. The smallest absolute Gasteiger partial charge is 0.237 e. The van der Waals surface area contributed by atoms with E-state index in [4.69, 9.17) is 12.2 Å². The highest BCUT2D eigenvalue weighted by Crippen LogP contribution is 2.35. The first-order valence-electron chi connectivity index (χ1n) is 7.85. The van der Waals surface area contributed by atoms with Crippen LogP contribution in [0.2, 0.25) is 0 Å². The molecule has 6 heteroatoms. The Hall–Kier alpha value is -2.31. The molecule has 2 atom stereocenters. The topological polar surface area (TPSA) is 53.5 Å². The fourth-order valence-corrected chi connectivity index (χ4v) is 3.63. The second-order valence-corrected chi connectivity index (χ2v) is 7.22. The van der Waals surface area contributed by atoms with E-state index in [1.807, 2.05) is 54.6 Å². The summed E-state index contributed by atoms with van der Waals surface area (Å²) >= 11 is 8.55. The van der Waals surface area contributed by atoms with E-state index in [2.05, 4.69) is 37.6 Å². The van der Waals surface area contributed by atoms with Crippen LogP contribution in [0.15, 0.2) is 70.1 Å². The minimum Gasteiger partial charge on any atom is -0.343 e. The van der Waals surface area contributed by atoms with Crippen LogP contribution in [0.4, 0.5) is 0 Å². The minimum absolute atomic E-state index is 0.108. The molecule has 2 aromatic carbocycles. The molecule has 0 radical (unpaired) electrons. The number of hydrogen-bond donors (Lipinski definition) is 2. The van der Waals surface area contributed by atoms with Crippen molar-refractivity contribution in [2.45, 2.75) is 5.92 Å². The number of fused-ring (bicyclic) bond motifs is 1. The lowest BCUT2D eigenvalue weighted by Crippen LogP contribution is -2.51. The average Bonchev–Trinajstić information content (AvgIpc) is 2.62. The summed E-state index contributed by atoms with van der Waals surface area (Å²) in [5.41, 5.74) is 3.02. The normalized spacial score (nSPS) is 22.3. The summed E-state index contributed by atoms with van der Waals surface area (Å²) in [6.45, 7) is 0. The van der Waals surface area contributed by atoms with E-state index in [0.29, 0.717) is 5.84 Å². The number of carbonyl (C=O) groups excluding carboxylic acids is 1. The summed E-state index contributed by atoms with van der Waals surface area (Å²) in [7, 11) is 0. The maximum Gasteiger partial charge on any atom is 0.237 e. The van der Waals surface area contributed by atoms with Crippen LogP contribution in [0.1, 0.15) is 17.0 Å². The molecule has 4 nitrogen and oxygen atoms in total. The van der Waals surface area contributed by atoms with Crippen LogP contribution in [-0.2, 0) is 4.79 Å². The molecule has 0 aliphatic carbocycles. The summed E-state index contributed by atoms with van der Waals surface area (Å²) in [6.07, 6.45) is 2.09. The molecular formula is C19H14BrN3OS. The molecular weight excluding hydrogens is 398 g/mol. The molecule has 2 heterocycles. The molecule has 0 saturated carbocycles. The Morgan fingerprint density at radius 3 is 2.44 bits per heavy atom. The van der Waals surface area contributed by atoms with E-state index < -0.39 is 5.92 Å². The quantitative estimate of drug-likeness (QED) is 0.742. The van der Waals surface area contributed by atoms with E-state index in [1.54, 1.807) is 0 Å². The number of rotatable bonds is 2. The van der Waals surface area contributed by atoms with Gasteiger partial charge in [-0.05, 0) is 35.5 Å². The first-order chi connectivity index (χ1) is 12.1. The van der Waals surface area contributed by atoms with Gasteiger partial charge in [0.2, 0.25) is 11.0 Å². The van der Waals surface area contributed by atoms with Crippen molar-refractivity contribution in [3.8, 4) is 0 Å². The van der Waals surface area contributed by atoms with Crippen molar-refractivity contribution >= 4 is 50.7 Å². The van der Waals surface area contributed by atoms with Crippen LogP contribution in [0, 0.1) is 5.92 Å². The second kappa shape index (κ2) is 6.54. The lowest BCUT2D eigenvalue weighted by molar-refractivity contribution is -0.122. The maximum atomic E-state index is 12.6. The molecule has 124 valence electrons. The van der Waals surface area contributed by atoms with Crippen LogP contribution < -0.4 is 10.6 Å². The molecule has 0 saturated heterocycles. The van der Waals surface area contributed by atoms with Crippen LogP contribution >= 0.6 is 28.1 Å². The molecule has 4 rings (SSSR count). The number of amidine groups is 1. The number of amides is 1. The Bertz CT molecular complexity index is 906. The van der Waals surface area contributed by atoms with E-state index in [0.717, 1.165) is 21.3 Å². The number of hydrogen-bond acceptors (Lipinski definition) is 3. The van der Waals surface area contributed by atoms with Gasteiger partial charge < -0.3 is 10.6 Å². The number of nitrogens with zero attached hydrogens (tertiary/aromatic N) is 1. The van der Waals surface area contributed by atoms with Crippen molar-refractivity contribution in [2.24, 2.45) is 10.9 Å². The Morgan fingerprint density at radius 1 is 1.00 bits per heavy atom. The van der Waals surface area contributed by atoms with Gasteiger partial charge in [0.05, 0.1) is 0 Å². The predicted molar refractivity (Wildman–Crippen MR) is 106 cm³/mol. The Morgan fingerprint density at radius 2 is 1.72 bits per heavy atom. The third-order valence-electron chi connectivity index (χ3n) is 4.34. The van der Waals surface area contributed by atoms with Gasteiger partial charge in [-0.15, -0.1) is 0 Å². The zero-order valence-electron chi connectivity index (χ0n) is 13.1. The van der Waals surface area contributed by atoms with Gasteiger partial charge in [-0.25, -0.2) is 4.99 Å². The van der Waals surface area contributed by atoms with E-state index in [-0.39, 0.29) is 16.9 Å². The molecule has 25 heavy (non-hydrogen) atoms. The number of benzene rings is 2. The van der Waals surface area contributed by atoms with E-state index in [1.165, 1.54) is 0 Å². The van der Waals surface area contributed by atoms with Gasteiger partial charge in [0.15, 0.2) is 0 Å². The molecule has 2 unspecified atom stereocenters. The van der Waals surface area contributed by atoms with Gasteiger partial charge in [0.25, 0.3) is 0 Å². The summed E-state index contributed by atoms with van der Waals surface area (Å²) in [4.78, 5) is 16.9. The van der Waals surface area contributed by atoms with Gasteiger partial charge in [-0.3, -0.25) is 4.79 Å². The van der Waals surface area contributed by atoms with Crippen molar-refractivity contribution in [1.29, 1.82) is 0 Å². The van der Waals surface area contributed by atoms with Crippen LogP contribution in [0.5, 0.6) is 0 Å². The zero-order chi connectivity index (χ0) is 17.4. The number of allylic oxidation sites excluding steroid dienone is 1. The fourth-order valence-electron chi connectivity index (χ4n) is 3.17. The van der Waals surface area contributed by atoms with Gasteiger partial charge in [-0.2, -0.15) is 0 Å². The number of nitrogens with one attached hydrogen (secondary N) is 2. The molecule has 0 fully saturated rings. The van der Waals surface area contributed by atoms with Gasteiger partial charge in [0.1, 0.15) is 11.8 Å². The van der Waals surface area contributed by atoms with E-state index in [9.17, 15) is 4.79 Å². The monoisotopic (exact) mass is 411 g/mol. The Balaban J connectivity index is 1.84. The molecule has 2 aliphatic heterocycles. The first kappa shape index (κ1) is 16.2. The van der Waals surface area contributed by atoms with Crippen LogP contribution in [0.3, 0.4) is 0 Å². The standard InChI is InChI=1S/C19H14BrN3OS/c20-13-8-6-12(7-9-13)15-10-14(11-4-2-1-3-5-11)16-17(21-15)22-19(25)23-18(16)24/h1-10,14,16H,(H2,21,22,23,24,25). The van der Waals surface area contributed by atoms with Crippen molar-refractivity contribution in [1.82, 2.24) is 10.6 Å². The summed E-state index contributed by atoms with van der Waals surface area (Å²) < 4.78 is 1.01.